The van der Waals surface area contributed by atoms with Crippen molar-refractivity contribution >= 4 is 5.69 Å². The lowest BCUT2D eigenvalue weighted by molar-refractivity contribution is -0.0137. The zero-order valence-corrected chi connectivity index (χ0v) is 12.8. The minimum atomic E-state index is -0.559. The van der Waals surface area contributed by atoms with E-state index in [4.69, 9.17) is 14.2 Å². The van der Waals surface area contributed by atoms with E-state index in [0.717, 1.165) is 36.4 Å². The van der Waals surface area contributed by atoms with Crippen molar-refractivity contribution in [2.75, 3.05) is 38.8 Å². The van der Waals surface area contributed by atoms with Crippen LogP contribution in [0.2, 0.25) is 0 Å². The molecule has 1 aromatic carbocycles. The van der Waals surface area contributed by atoms with Gasteiger partial charge in [-0.05, 0) is 37.5 Å². The topological polar surface area (TPSA) is 60.0 Å². The van der Waals surface area contributed by atoms with Crippen molar-refractivity contribution in [1.29, 1.82) is 0 Å². The Bertz CT molecular complexity index is 432. The molecule has 0 radical (unpaired) electrons. The monoisotopic (exact) mass is 295 g/mol. The molecule has 21 heavy (non-hydrogen) atoms. The predicted octanol–water partition coefficient (Wildman–Crippen LogP) is 1.97. The van der Waals surface area contributed by atoms with E-state index >= 15 is 0 Å². The summed E-state index contributed by atoms with van der Waals surface area (Å²) in [6, 6.07) is 5.90. The van der Waals surface area contributed by atoms with Gasteiger partial charge in [0.2, 0.25) is 0 Å². The Hall–Kier alpha value is -1.30. The number of methoxy groups -OCH3 is 1. The van der Waals surface area contributed by atoms with Crippen molar-refractivity contribution in [3.05, 3.63) is 23.8 Å². The molecule has 5 heteroatoms. The zero-order chi connectivity index (χ0) is 15.1. The second kappa shape index (κ2) is 8.22. The van der Waals surface area contributed by atoms with E-state index in [0.29, 0.717) is 19.8 Å². The number of rotatable bonds is 8. The van der Waals surface area contributed by atoms with Crippen LogP contribution in [0.4, 0.5) is 5.69 Å². The third-order valence-electron chi connectivity index (χ3n) is 3.52. The standard InChI is InChI=1S/C16H25NO4/c1-12-5-6-16(19-2)15(8-12)17-9-13(18)10-20-11-14-4-3-7-21-14/h5-6,8,13-14,17-18H,3-4,7,9-11H2,1-2H3. The molecule has 2 rings (SSSR count). The molecule has 1 aromatic rings. The van der Waals surface area contributed by atoms with Crippen LogP contribution in [0.5, 0.6) is 5.75 Å². The van der Waals surface area contributed by atoms with Gasteiger partial charge in [0.05, 0.1) is 38.2 Å². The lowest BCUT2D eigenvalue weighted by atomic mass is 10.2. The third kappa shape index (κ3) is 5.19. The van der Waals surface area contributed by atoms with E-state index in [2.05, 4.69) is 5.32 Å². The van der Waals surface area contributed by atoms with Crippen LogP contribution in [-0.4, -0.2) is 50.8 Å². The maximum Gasteiger partial charge on any atom is 0.141 e. The van der Waals surface area contributed by atoms with Crippen LogP contribution in [0.1, 0.15) is 18.4 Å². The van der Waals surface area contributed by atoms with Gasteiger partial charge in [-0.25, -0.2) is 0 Å². The quantitative estimate of drug-likeness (QED) is 0.768. The highest BCUT2D eigenvalue weighted by Gasteiger charge is 2.16. The summed E-state index contributed by atoms with van der Waals surface area (Å²) in [5.41, 5.74) is 2.03. The van der Waals surface area contributed by atoms with Gasteiger partial charge in [0.25, 0.3) is 0 Å². The van der Waals surface area contributed by atoms with Gasteiger partial charge in [-0.15, -0.1) is 0 Å². The molecule has 0 aromatic heterocycles. The van der Waals surface area contributed by atoms with Gasteiger partial charge in [0.1, 0.15) is 5.75 Å². The van der Waals surface area contributed by atoms with Gasteiger partial charge in [-0.1, -0.05) is 6.07 Å². The number of ether oxygens (including phenoxy) is 3. The molecule has 0 bridgehead atoms. The summed E-state index contributed by atoms with van der Waals surface area (Å²) < 4.78 is 16.3. The molecule has 0 saturated carbocycles. The SMILES string of the molecule is COc1ccc(C)cc1NCC(O)COCC1CCCO1. The van der Waals surface area contributed by atoms with Crippen molar-refractivity contribution in [2.45, 2.75) is 32.0 Å². The highest BCUT2D eigenvalue weighted by molar-refractivity contribution is 5.58. The molecule has 0 amide bonds. The van der Waals surface area contributed by atoms with Crippen LogP contribution in [0.3, 0.4) is 0 Å². The van der Waals surface area contributed by atoms with Crippen molar-refractivity contribution in [3.8, 4) is 5.75 Å². The second-order valence-corrected chi connectivity index (χ2v) is 5.41. The first-order valence-corrected chi connectivity index (χ1v) is 7.45. The van der Waals surface area contributed by atoms with Crippen LogP contribution in [0.15, 0.2) is 18.2 Å². The summed E-state index contributed by atoms with van der Waals surface area (Å²) in [5, 5.41) is 13.1. The lowest BCUT2D eigenvalue weighted by Gasteiger charge is -2.16. The molecule has 1 aliphatic heterocycles. The summed E-state index contributed by atoms with van der Waals surface area (Å²) in [6.45, 7) is 4.13. The summed E-state index contributed by atoms with van der Waals surface area (Å²) in [5.74, 6) is 0.771. The number of nitrogens with one attached hydrogen (secondary N) is 1. The number of hydrogen-bond donors (Lipinski definition) is 2. The minimum Gasteiger partial charge on any atom is -0.495 e. The average molecular weight is 295 g/mol. The predicted molar refractivity (Wildman–Crippen MR) is 82.0 cm³/mol. The fourth-order valence-corrected chi connectivity index (χ4v) is 2.36. The van der Waals surface area contributed by atoms with Gasteiger partial charge in [0, 0.05) is 13.2 Å². The lowest BCUT2D eigenvalue weighted by Crippen LogP contribution is -2.27. The zero-order valence-electron chi connectivity index (χ0n) is 12.8. The van der Waals surface area contributed by atoms with Crippen molar-refractivity contribution in [3.63, 3.8) is 0 Å². The first-order valence-electron chi connectivity index (χ1n) is 7.45. The normalized spacial score (nSPS) is 19.5. The molecule has 1 heterocycles. The Morgan fingerprint density at radius 3 is 3.05 bits per heavy atom. The van der Waals surface area contributed by atoms with Gasteiger partial charge < -0.3 is 24.6 Å². The first kappa shape index (κ1) is 16.1. The Morgan fingerprint density at radius 1 is 1.48 bits per heavy atom. The molecular formula is C16H25NO4. The molecule has 0 aliphatic carbocycles. The number of aryl methyl sites for hydroxylation is 1. The van der Waals surface area contributed by atoms with Gasteiger partial charge in [-0.2, -0.15) is 0 Å². The van der Waals surface area contributed by atoms with Crippen LogP contribution < -0.4 is 10.1 Å². The maximum absolute atomic E-state index is 9.95. The minimum absolute atomic E-state index is 0.196. The van der Waals surface area contributed by atoms with Gasteiger partial charge in [-0.3, -0.25) is 0 Å². The number of aliphatic hydroxyl groups excluding tert-OH is 1. The molecule has 1 saturated heterocycles. The van der Waals surface area contributed by atoms with E-state index in [1.807, 2.05) is 25.1 Å². The molecule has 1 fully saturated rings. The summed E-state index contributed by atoms with van der Waals surface area (Å²) >= 11 is 0. The second-order valence-electron chi connectivity index (χ2n) is 5.41. The highest BCUT2D eigenvalue weighted by Crippen LogP contribution is 2.25. The third-order valence-corrected chi connectivity index (χ3v) is 3.52. The molecular weight excluding hydrogens is 270 g/mol. The summed E-state index contributed by atoms with van der Waals surface area (Å²) in [6.07, 6.45) is 1.79. The fraction of sp³-hybridized carbons (Fsp3) is 0.625. The van der Waals surface area contributed by atoms with Crippen molar-refractivity contribution in [1.82, 2.24) is 0 Å². The molecule has 5 nitrogen and oxygen atoms in total. The molecule has 2 atom stereocenters. The average Bonchev–Trinajstić information content (AvgIpc) is 2.98. The molecule has 2 N–H and O–H groups in total. The van der Waals surface area contributed by atoms with Crippen LogP contribution >= 0.6 is 0 Å². The molecule has 118 valence electrons. The number of hydrogen-bond acceptors (Lipinski definition) is 5. The fourth-order valence-electron chi connectivity index (χ4n) is 2.36. The summed E-state index contributed by atoms with van der Waals surface area (Å²) in [7, 11) is 1.64. The van der Waals surface area contributed by atoms with E-state index in [-0.39, 0.29) is 6.10 Å². The van der Waals surface area contributed by atoms with Gasteiger partial charge in [0.15, 0.2) is 0 Å². The molecule has 1 aliphatic rings. The van der Waals surface area contributed by atoms with Crippen LogP contribution in [-0.2, 0) is 9.47 Å². The Morgan fingerprint density at radius 2 is 2.33 bits per heavy atom. The highest BCUT2D eigenvalue weighted by atomic mass is 16.5. The number of aliphatic hydroxyl groups is 1. The largest absolute Gasteiger partial charge is 0.495 e. The summed E-state index contributed by atoms with van der Waals surface area (Å²) in [4.78, 5) is 0. The van der Waals surface area contributed by atoms with Crippen molar-refractivity contribution in [2.24, 2.45) is 0 Å². The van der Waals surface area contributed by atoms with Crippen LogP contribution in [0, 0.1) is 6.92 Å². The Kier molecular flexibility index (Phi) is 6.29. The molecule has 2 unspecified atom stereocenters. The van der Waals surface area contributed by atoms with Crippen LogP contribution in [0.25, 0.3) is 0 Å². The number of benzene rings is 1. The number of anilines is 1. The first-order chi connectivity index (χ1) is 10.2. The van der Waals surface area contributed by atoms with E-state index in [1.165, 1.54) is 0 Å². The maximum atomic E-state index is 9.95. The van der Waals surface area contributed by atoms with Gasteiger partial charge >= 0.3 is 0 Å². The smallest absolute Gasteiger partial charge is 0.141 e. The van der Waals surface area contributed by atoms with Crippen molar-refractivity contribution < 1.29 is 19.3 Å². The molecule has 0 spiro atoms. The van der Waals surface area contributed by atoms with E-state index in [1.54, 1.807) is 7.11 Å². The Labute approximate surface area is 126 Å². The van der Waals surface area contributed by atoms with E-state index in [9.17, 15) is 5.11 Å². The Balaban J connectivity index is 1.70. The van der Waals surface area contributed by atoms with E-state index < -0.39 is 6.10 Å².